The first kappa shape index (κ1) is 15.3. The fourth-order valence-corrected chi connectivity index (χ4v) is 1.92. The van der Waals surface area contributed by atoms with Crippen molar-refractivity contribution in [2.45, 2.75) is 19.4 Å². The molecule has 0 radical (unpaired) electrons. The first-order chi connectivity index (χ1) is 10.2. The van der Waals surface area contributed by atoms with Gasteiger partial charge in [0, 0.05) is 12.2 Å². The van der Waals surface area contributed by atoms with Crippen LogP contribution in [0.2, 0.25) is 0 Å². The second-order valence-electron chi connectivity index (χ2n) is 4.85. The van der Waals surface area contributed by atoms with Gasteiger partial charge in [0.2, 0.25) is 0 Å². The molecule has 0 saturated heterocycles. The van der Waals surface area contributed by atoms with Gasteiger partial charge >= 0.3 is 0 Å². The van der Waals surface area contributed by atoms with E-state index in [1.807, 2.05) is 12.1 Å². The average molecular weight is 289 g/mol. The Bertz CT molecular complexity index is 557. The molecule has 1 unspecified atom stereocenters. The minimum absolute atomic E-state index is 0.159. The van der Waals surface area contributed by atoms with Crippen LogP contribution in [-0.2, 0) is 6.42 Å². The molecule has 2 aromatic rings. The Kier molecular flexibility index (Phi) is 5.58. The molecule has 0 aliphatic rings. The number of hydrogen-bond acceptors (Lipinski definition) is 3. The molecule has 0 aliphatic heterocycles. The normalized spacial score (nSPS) is 12.0. The third-order valence-electron chi connectivity index (χ3n) is 3.13. The van der Waals surface area contributed by atoms with Gasteiger partial charge < -0.3 is 15.2 Å². The van der Waals surface area contributed by atoms with Crippen LogP contribution in [0, 0.1) is 5.82 Å². The summed E-state index contributed by atoms with van der Waals surface area (Å²) in [6, 6.07) is 13.8. The Morgan fingerprint density at radius 1 is 1.19 bits per heavy atom. The Morgan fingerprint density at radius 2 is 1.95 bits per heavy atom. The average Bonchev–Trinajstić information content (AvgIpc) is 2.52. The molecular weight excluding hydrogens is 269 g/mol. The topological polar surface area (TPSA) is 41.5 Å². The molecule has 1 atom stereocenters. The Morgan fingerprint density at radius 3 is 2.67 bits per heavy atom. The number of halogens is 1. The number of anilines is 1. The van der Waals surface area contributed by atoms with Gasteiger partial charge in [0.1, 0.15) is 24.3 Å². The van der Waals surface area contributed by atoms with E-state index in [1.54, 1.807) is 12.1 Å². The molecule has 112 valence electrons. The lowest BCUT2D eigenvalue weighted by atomic mass is 10.1. The molecule has 0 aromatic heterocycles. The molecule has 0 spiro atoms. The van der Waals surface area contributed by atoms with Gasteiger partial charge in [-0.2, -0.15) is 0 Å². The van der Waals surface area contributed by atoms with Crippen LogP contribution in [-0.4, -0.2) is 24.4 Å². The number of rotatable bonds is 7. The van der Waals surface area contributed by atoms with E-state index >= 15 is 0 Å². The summed E-state index contributed by atoms with van der Waals surface area (Å²) in [6.07, 6.45) is 0.339. The zero-order valence-corrected chi connectivity index (χ0v) is 12.1. The van der Waals surface area contributed by atoms with Crippen LogP contribution in [0.1, 0.15) is 12.5 Å². The summed E-state index contributed by atoms with van der Waals surface area (Å²) in [5.74, 6) is 0.240. The maximum absolute atomic E-state index is 12.7. The van der Waals surface area contributed by atoms with Gasteiger partial charge in [-0.25, -0.2) is 4.39 Å². The van der Waals surface area contributed by atoms with Gasteiger partial charge in [0.15, 0.2) is 0 Å². The van der Waals surface area contributed by atoms with Crippen molar-refractivity contribution in [3.63, 3.8) is 0 Å². The summed E-state index contributed by atoms with van der Waals surface area (Å²) in [4.78, 5) is 0. The van der Waals surface area contributed by atoms with Crippen molar-refractivity contribution in [3.05, 3.63) is 59.9 Å². The van der Waals surface area contributed by atoms with Gasteiger partial charge in [0.25, 0.3) is 0 Å². The van der Waals surface area contributed by atoms with Crippen molar-refractivity contribution < 1.29 is 14.2 Å². The summed E-state index contributed by atoms with van der Waals surface area (Å²) < 4.78 is 18.1. The summed E-state index contributed by atoms with van der Waals surface area (Å²) >= 11 is 0. The molecule has 2 N–H and O–H groups in total. The third-order valence-corrected chi connectivity index (χ3v) is 3.13. The maximum atomic E-state index is 12.7. The minimum Gasteiger partial charge on any atom is -0.491 e. The van der Waals surface area contributed by atoms with Gasteiger partial charge in [-0.3, -0.25) is 0 Å². The van der Waals surface area contributed by atoms with E-state index in [9.17, 15) is 9.50 Å². The number of aliphatic hydroxyl groups is 1. The standard InChI is InChI=1S/C17H20FNO2/c1-2-13-4-3-5-15(10-13)19-11-16(20)12-21-17-8-6-14(18)7-9-17/h3-10,16,19-20H,2,11-12H2,1H3. The number of benzene rings is 2. The van der Waals surface area contributed by atoms with Crippen molar-refractivity contribution in [1.29, 1.82) is 0 Å². The highest BCUT2D eigenvalue weighted by Gasteiger charge is 2.05. The maximum Gasteiger partial charge on any atom is 0.123 e. The molecule has 3 nitrogen and oxygen atoms in total. The van der Waals surface area contributed by atoms with Crippen LogP contribution >= 0.6 is 0 Å². The van der Waals surface area contributed by atoms with Gasteiger partial charge in [0.05, 0.1) is 0 Å². The number of nitrogens with one attached hydrogen (secondary N) is 1. The zero-order valence-electron chi connectivity index (χ0n) is 12.1. The molecule has 0 heterocycles. The molecule has 0 amide bonds. The van der Waals surface area contributed by atoms with E-state index in [-0.39, 0.29) is 12.4 Å². The first-order valence-corrected chi connectivity index (χ1v) is 7.06. The largest absolute Gasteiger partial charge is 0.491 e. The Hall–Kier alpha value is -2.07. The smallest absolute Gasteiger partial charge is 0.123 e. The van der Waals surface area contributed by atoms with Crippen LogP contribution in [0.3, 0.4) is 0 Å². The highest BCUT2D eigenvalue weighted by Crippen LogP contribution is 2.13. The molecule has 0 aliphatic carbocycles. The lowest BCUT2D eigenvalue weighted by Crippen LogP contribution is -2.26. The van der Waals surface area contributed by atoms with Crippen LogP contribution in [0.15, 0.2) is 48.5 Å². The first-order valence-electron chi connectivity index (χ1n) is 7.06. The monoisotopic (exact) mass is 289 g/mol. The van der Waals surface area contributed by atoms with E-state index in [1.165, 1.54) is 17.7 Å². The Labute approximate surface area is 124 Å². The molecule has 0 saturated carbocycles. The SMILES string of the molecule is CCc1cccc(NCC(O)COc2ccc(F)cc2)c1. The van der Waals surface area contributed by atoms with Crippen molar-refractivity contribution in [2.75, 3.05) is 18.5 Å². The molecule has 0 bridgehead atoms. The van der Waals surface area contributed by atoms with E-state index in [0.29, 0.717) is 12.3 Å². The third kappa shape index (κ3) is 5.08. The molecule has 2 rings (SSSR count). The van der Waals surface area contributed by atoms with Crippen molar-refractivity contribution in [3.8, 4) is 5.75 Å². The van der Waals surface area contributed by atoms with E-state index in [2.05, 4.69) is 24.4 Å². The number of aryl methyl sites for hydroxylation is 1. The quantitative estimate of drug-likeness (QED) is 0.822. The second-order valence-corrected chi connectivity index (χ2v) is 4.85. The van der Waals surface area contributed by atoms with E-state index < -0.39 is 6.10 Å². The lowest BCUT2D eigenvalue weighted by Gasteiger charge is -2.14. The predicted molar refractivity (Wildman–Crippen MR) is 82.2 cm³/mol. The van der Waals surface area contributed by atoms with Gasteiger partial charge in [-0.1, -0.05) is 19.1 Å². The van der Waals surface area contributed by atoms with Crippen LogP contribution in [0.4, 0.5) is 10.1 Å². The highest BCUT2D eigenvalue weighted by atomic mass is 19.1. The van der Waals surface area contributed by atoms with Crippen LogP contribution in [0.5, 0.6) is 5.75 Å². The van der Waals surface area contributed by atoms with Crippen molar-refractivity contribution in [2.24, 2.45) is 0 Å². The van der Waals surface area contributed by atoms with Crippen molar-refractivity contribution in [1.82, 2.24) is 0 Å². The van der Waals surface area contributed by atoms with Crippen molar-refractivity contribution >= 4 is 5.69 Å². The molecule has 2 aromatic carbocycles. The summed E-state index contributed by atoms with van der Waals surface area (Å²) in [6.45, 7) is 2.66. The summed E-state index contributed by atoms with van der Waals surface area (Å²) in [5.41, 5.74) is 2.23. The summed E-state index contributed by atoms with van der Waals surface area (Å²) in [7, 11) is 0. The Balaban J connectivity index is 1.76. The minimum atomic E-state index is -0.639. The highest BCUT2D eigenvalue weighted by molar-refractivity contribution is 5.45. The van der Waals surface area contributed by atoms with E-state index in [4.69, 9.17) is 4.74 Å². The van der Waals surface area contributed by atoms with Crippen LogP contribution in [0.25, 0.3) is 0 Å². The lowest BCUT2D eigenvalue weighted by molar-refractivity contribution is 0.117. The van der Waals surface area contributed by atoms with Gasteiger partial charge in [-0.15, -0.1) is 0 Å². The molecule has 21 heavy (non-hydrogen) atoms. The number of aliphatic hydroxyl groups excluding tert-OH is 1. The molecule has 4 heteroatoms. The summed E-state index contributed by atoms with van der Waals surface area (Å²) in [5, 5.41) is 13.1. The fraction of sp³-hybridized carbons (Fsp3) is 0.294. The second kappa shape index (κ2) is 7.64. The zero-order chi connectivity index (χ0) is 15.1. The van der Waals surface area contributed by atoms with E-state index in [0.717, 1.165) is 12.1 Å². The predicted octanol–water partition coefficient (Wildman–Crippen LogP) is 3.24. The fourth-order valence-electron chi connectivity index (χ4n) is 1.92. The molecular formula is C17H20FNO2. The number of ether oxygens (including phenoxy) is 1. The van der Waals surface area contributed by atoms with Crippen LogP contribution < -0.4 is 10.1 Å². The number of hydrogen-bond donors (Lipinski definition) is 2. The molecule has 0 fully saturated rings. The van der Waals surface area contributed by atoms with Gasteiger partial charge in [-0.05, 0) is 48.4 Å².